The van der Waals surface area contributed by atoms with Crippen LogP contribution in [0.2, 0.25) is 0 Å². The van der Waals surface area contributed by atoms with Crippen LogP contribution < -0.4 is 5.32 Å². The summed E-state index contributed by atoms with van der Waals surface area (Å²) < 4.78 is 10.8. The van der Waals surface area contributed by atoms with Gasteiger partial charge in [-0.15, -0.1) is 0 Å². The first-order valence-corrected chi connectivity index (χ1v) is 15.6. The Kier molecular flexibility index (Phi) is 15.1. The lowest BCUT2D eigenvalue weighted by molar-refractivity contribution is -0.170. The molecule has 46 heavy (non-hydrogen) atoms. The normalized spacial score (nSPS) is 20.3. The molecule has 14 nitrogen and oxygen atoms in total. The SMILES string of the molecule is CCC[C@H](N[C@@H](C)C(=O)N1[C@H](C(=O)OCc2ccccc2)C[C@@H]2CCCC[C@@H]21)C(=O)OCC.O=C(O)CC(O)(CC(=O)O)C(=O)O. The van der Waals surface area contributed by atoms with Gasteiger partial charge in [-0.2, -0.15) is 0 Å². The summed E-state index contributed by atoms with van der Waals surface area (Å²) in [5.74, 6) is -5.52. The number of benzene rings is 1. The Morgan fingerprint density at radius 2 is 1.57 bits per heavy atom. The van der Waals surface area contributed by atoms with E-state index in [2.05, 4.69) is 5.32 Å². The van der Waals surface area contributed by atoms with Gasteiger partial charge in [-0.1, -0.05) is 56.5 Å². The van der Waals surface area contributed by atoms with E-state index in [-0.39, 0.29) is 30.5 Å². The minimum Gasteiger partial charge on any atom is -0.481 e. The molecule has 0 radical (unpaired) electrons. The van der Waals surface area contributed by atoms with E-state index in [4.69, 9.17) is 29.9 Å². The average Bonchev–Trinajstić information content (AvgIpc) is 3.39. The number of rotatable bonds is 15. The molecular weight excluding hydrogens is 604 g/mol. The summed E-state index contributed by atoms with van der Waals surface area (Å²) in [7, 11) is 0. The fourth-order valence-corrected chi connectivity index (χ4v) is 5.92. The molecule has 3 rings (SSSR count). The number of hydrogen-bond acceptors (Lipinski definition) is 10. The Balaban J connectivity index is 0.000000479. The van der Waals surface area contributed by atoms with Gasteiger partial charge < -0.3 is 34.8 Å². The molecule has 0 unspecified atom stereocenters. The first kappa shape index (κ1) is 38.1. The van der Waals surface area contributed by atoms with Crippen molar-refractivity contribution >= 4 is 35.8 Å². The van der Waals surface area contributed by atoms with Crippen LogP contribution in [0.3, 0.4) is 0 Å². The monoisotopic (exact) mass is 650 g/mol. The number of ether oxygens (including phenoxy) is 2. The van der Waals surface area contributed by atoms with Crippen molar-refractivity contribution in [2.45, 2.75) is 115 Å². The maximum Gasteiger partial charge on any atom is 0.336 e. The number of likely N-dealkylation sites (tertiary alicyclic amines) is 1. The van der Waals surface area contributed by atoms with Crippen molar-refractivity contribution in [1.29, 1.82) is 0 Å². The van der Waals surface area contributed by atoms with Crippen molar-refractivity contribution in [3.05, 3.63) is 35.9 Å². The molecule has 0 spiro atoms. The second kappa shape index (κ2) is 18.2. The predicted molar refractivity (Wildman–Crippen MR) is 162 cm³/mol. The van der Waals surface area contributed by atoms with E-state index in [9.17, 15) is 28.8 Å². The molecule has 256 valence electrons. The minimum atomic E-state index is -2.74. The maximum absolute atomic E-state index is 13.6. The van der Waals surface area contributed by atoms with Gasteiger partial charge in [-0.25, -0.2) is 9.59 Å². The molecular formula is C32H46N2O12. The number of fused-ring (bicyclic) bond motifs is 1. The van der Waals surface area contributed by atoms with Crippen LogP contribution in [0.15, 0.2) is 30.3 Å². The molecule has 5 atom stereocenters. The van der Waals surface area contributed by atoms with E-state index >= 15 is 0 Å². The van der Waals surface area contributed by atoms with Gasteiger partial charge in [0, 0.05) is 6.04 Å². The fraction of sp³-hybridized carbons (Fsp3) is 0.625. The third-order valence-corrected chi connectivity index (χ3v) is 8.09. The van der Waals surface area contributed by atoms with Gasteiger partial charge in [0.25, 0.3) is 0 Å². The number of nitrogens with zero attached hydrogens (tertiary/aromatic N) is 1. The lowest BCUT2D eigenvalue weighted by Crippen LogP contribution is -2.55. The summed E-state index contributed by atoms with van der Waals surface area (Å²) in [5.41, 5.74) is -1.82. The van der Waals surface area contributed by atoms with Crippen molar-refractivity contribution in [3.8, 4) is 0 Å². The number of amides is 1. The third-order valence-electron chi connectivity index (χ3n) is 8.09. The number of hydrogen-bond donors (Lipinski definition) is 5. The molecule has 2 aliphatic rings. The Bertz CT molecular complexity index is 1190. The smallest absolute Gasteiger partial charge is 0.336 e. The molecule has 1 aliphatic carbocycles. The number of esters is 2. The Morgan fingerprint density at radius 3 is 2.11 bits per heavy atom. The average molecular weight is 651 g/mol. The van der Waals surface area contributed by atoms with Crippen LogP contribution in [0.5, 0.6) is 0 Å². The summed E-state index contributed by atoms with van der Waals surface area (Å²) >= 11 is 0. The minimum absolute atomic E-state index is 0.0528. The standard InChI is InChI=1S/C26H38N2O5.C6H8O7/c1-4-11-21(25(30)32-5-2)27-18(3)24(29)28-22-15-10-9-14-20(22)16-23(28)26(31)33-17-19-12-7-6-8-13-19;7-3(8)1-6(13,5(11)12)2-4(9)10/h6-8,12-13,18,20-23,27H,4-5,9-11,14-17H2,1-3H3;13H,1-2H2,(H,7,8)(H,9,10)(H,11,12)/t18-,20-,21-,22-,23-;/m0./s1. The zero-order valence-corrected chi connectivity index (χ0v) is 26.6. The number of carbonyl (C=O) groups is 6. The third kappa shape index (κ3) is 11.1. The summed E-state index contributed by atoms with van der Waals surface area (Å²) in [6.07, 6.45) is 3.85. The van der Waals surface area contributed by atoms with Crippen LogP contribution in [-0.4, -0.2) is 97.5 Å². The molecule has 1 saturated heterocycles. The number of aliphatic hydroxyl groups is 1. The zero-order chi connectivity index (χ0) is 34.4. The highest BCUT2D eigenvalue weighted by atomic mass is 16.5. The summed E-state index contributed by atoms with van der Waals surface area (Å²) in [4.78, 5) is 71.3. The van der Waals surface area contributed by atoms with Gasteiger partial charge in [-0.3, -0.25) is 24.5 Å². The summed E-state index contributed by atoms with van der Waals surface area (Å²) in [6.45, 7) is 6.03. The first-order valence-electron chi connectivity index (χ1n) is 15.6. The van der Waals surface area contributed by atoms with E-state index in [1.807, 2.05) is 37.3 Å². The molecule has 1 amide bonds. The zero-order valence-electron chi connectivity index (χ0n) is 26.6. The van der Waals surface area contributed by atoms with Crippen LogP contribution in [0.4, 0.5) is 0 Å². The van der Waals surface area contributed by atoms with E-state index in [0.717, 1.165) is 37.7 Å². The quantitative estimate of drug-likeness (QED) is 0.172. The van der Waals surface area contributed by atoms with E-state index in [1.54, 1.807) is 18.7 Å². The van der Waals surface area contributed by atoms with Gasteiger partial charge >= 0.3 is 29.8 Å². The topological polar surface area (TPSA) is 217 Å². The number of aliphatic carboxylic acids is 3. The largest absolute Gasteiger partial charge is 0.481 e. The highest BCUT2D eigenvalue weighted by molar-refractivity contribution is 5.89. The Labute approximate surface area is 268 Å². The molecule has 1 aromatic carbocycles. The second-order valence-corrected chi connectivity index (χ2v) is 11.7. The van der Waals surface area contributed by atoms with E-state index in [1.165, 1.54) is 0 Å². The number of carbonyl (C=O) groups excluding carboxylic acids is 3. The maximum atomic E-state index is 13.6. The second-order valence-electron chi connectivity index (χ2n) is 11.7. The highest BCUT2D eigenvalue weighted by Crippen LogP contribution is 2.40. The number of carboxylic acids is 3. The fourth-order valence-electron chi connectivity index (χ4n) is 5.92. The molecule has 1 saturated carbocycles. The number of carboxylic acid groups (broad SMARTS) is 3. The van der Waals surface area contributed by atoms with Crippen molar-refractivity contribution in [1.82, 2.24) is 10.2 Å². The molecule has 0 bridgehead atoms. The molecule has 2 fully saturated rings. The molecule has 1 aliphatic heterocycles. The van der Waals surface area contributed by atoms with Crippen LogP contribution >= 0.6 is 0 Å². The summed E-state index contributed by atoms with van der Waals surface area (Å²) in [6, 6.07) is 7.91. The highest BCUT2D eigenvalue weighted by Gasteiger charge is 2.49. The van der Waals surface area contributed by atoms with Crippen molar-refractivity contribution in [3.63, 3.8) is 0 Å². The van der Waals surface area contributed by atoms with Crippen molar-refractivity contribution in [2.24, 2.45) is 5.92 Å². The van der Waals surface area contributed by atoms with Crippen LogP contribution in [0, 0.1) is 5.92 Å². The molecule has 0 aromatic heterocycles. The van der Waals surface area contributed by atoms with E-state index < -0.39 is 54.5 Å². The Morgan fingerprint density at radius 1 is 0.957 bits per heavy atom. The Hall–Kier alpha value is -4.04. The van der Waals surface area contributed by atoms with Gasteiger partial charge in [0.2, 0.25) is 5.91 Å². The van der Waals surface area contributed by atoms with Crippen molar-refractivity contribution < 1.29 is 58.7 Å². The van der Waals surface area contributed by atoms with Gasteiger partial charge in [0.15, 0.2) is 5.60 Å². The predicted octanol–water partition coefficient (Wildman–Crippen LogP) is 2.35. The molecule has 1 aromatic rings. The van der Waals surface area contributed by atoms with Crippen LogP contribution in [-0.2, 0) is 44.8 Å². The van der Waals surface area contributed by atoms with Crippen LogP contribution in [0.1, 0.15) is 84.1 Å². The van der Waals surface area contributed by atoms with Crippen molar-refractivity contribution in [2.75, 3.05) is 6.61 Å². The number of nitrogens with one attached hydrogen (secondary N) is 1. The lowest BCUT2D eigenvalue weighted by Gasteiger charge is -2.35. The van der Waals surface area contributed by atoms with Gasteiger partial charge in [0.1, 0.15) is 18.7 Å². The summed E-state index contributed by atoms with van der Waals surface area (Å²) in [5, 5.41) is 37.0. The molecule has 14 heteroatoms. The van der Waals surface area contributed by atoms with E-state index in [0.29, 0.717) is 25.4 Å². The van der Waals surface area contributed by atoms with Gasteiger partial charge in [0.05, 0.1) is 25.5 Å². The molecule has 5 N–H and O–H groups in total. The lowest BCUT2D eigenvalue weighted by atomic mass is 9.84. The molecule has 1 heterocycles. The van der Waals surface area contributed by atoms with Crippen LogP contribution in [0.25, 0.3) is 0 Å². The van der Waals surface area contributed by atoms with Gasteiger partial charge in [-0.05, 0) is 51.0 Å². The first-order chi connectivity index (χ1) is 21.7.